The van der Waals surface area contributed by atoms with Crippen molar-refractivity contribution in [3.05, 3.63) is 29.6 Å². The second-order valence-electron chi connectivity index (χ2n) is 3.33. The number of ether oxygens (including phenoxy) is 1. The van der Waals surface area contributed by atoms with Gasteiger partial charge in [-0.1, -0.05) is 6.07 Å². The molecule has 0 atom stereocenters. The number of aryl methyl sites for hydroxylation is 1. The lowest BCUT2D eigenvalue weighted by atomic mass is 10.2. The number of carbonyl (C=O) groups excluding carboxylic acids is 1. The van der Waals surface area contributed by atoms with Crippen molar-refractivity contribution in [3.63, 3.8) is 0 Å². The number of methoxy groups -OCH3 is 1. The van der Waals surface area contributed by atoms with Crippen LogP contribution in [0.1, 0.15) is 5.56 Å². The van der Waals surface area contributed by atoms with Crippen molar-refractivity contribution in [2.24, 2.45) is 0 Å². The molecule has 94 valence electrons. The van der Waals surface area contributed by atoms with Crippen LogP contribution in [-0.4, -0.2) is 28.0 Å². The van der Waals surface area contributed by atoms with E-state index < -0.39 is 33.3 Å². The van der Waals surface area contributed by atoms with Crippen molar-refractivity contribution in [2.45, 2.75) is 11.8 Å². The number of carbonyl (C=O) groups is 1. The largest absolute Gasteiger partial charge is 0.468 e. The number of nitrogens with one attached hydrogen (secondary N) is 1. The van der Waals surface area contributed by atoms with Gasteiger partial charge in [-0.25, -0.2) is 12.8 Å². The minimum Gasteiger partial charge on any atom is -0.468 e. The summed E-state index contributed by atoms with van der Waals surface area (Å²) in [6.07, 6.45) is 0. The van der Waals surface area contributed by atoms with Gasteiger partial charge in [0, 0.05) is 0 Å². The number of hydrogen-bond donors (Lipinski definition) is 1. The molecule has 0 aromatic heterocycles. The summed E-state index contributed by atoms with van der Waals surface area (Å²) >= 11 is 0. The number of hydrogen-bond acceptors (Lipinski definition) is 4. The third-order valence-electron chi connectivity index (χ3n) is 2.01. The summed E-state index contributed by atoms with van der Waals surface area (Å²) in [4.78, 5) is 10.3. The Morgan fingerprint density at radius 2 is 2.12 bits per heavy atom. The summed E-state index contributed by atoms with van der Waals surface area (Å²) in [7, 11) is -2.92. The molecule has 0 spiro atoms. The van der Waals surface area contributed by atoms with E-state index in [-0.39, 0.29) is 0 Å². The first kappa shape index (κ1) is 13.6. The SMILES string of the molecule is COC(=O)CNS(=O)(=O)c1cc(C)ccc1F. The topological polar surface area (TPSA) is 72.5 Å². The van der Waals surface area contributed by atoms with Crippen molar-refractivity contribution in [1.29, 1.82) is 0 Å². The third kappa shape index (κ3) is 3.50. The molecule has 0 aliphatic rings. The van der Waals surface area contributed by atoms with E-state index in [9.17, 15) is 17.6 Å². The van der Waals surface area contributed by atoms with Gasteiger partial charge in [-0.15, -0.1) is 0 Å². The smallest absolute Gasteiger partial charge is 0.320 e. The Bertz CT molecular complexity index is 527. The van der Waals surface area contributed by atoms with Crippen LogP contribution in [0.3, 0.4) is 0 Å². The maximum atomic E-state index is 13.3. The minimum absolute atomic E-state index is 0.485. The molecule has 0 radical (unpaired) electrons. The number of esters is 1. The predicted octanol–water partition coefficient (Wildman–Crippen LogP) is 0.585. The van der Waals surface area contributed by atoms with Gasteiger partial charge < -0.3 is 4.74 Å². The van der Waals surface area contributed by atoms with Gasteiger partial charge in [0.2, 0.25) is 10.0 Å². The van der Waals surface area contributed by atoms with Gasteiger partial charge in [0.1, 0.15) is 17.3 Å². The van der Waals surface area contributed by atoms with Crippen LogP contribution < -0.4 is 4.72 Å². The van der Waals surface area contributed by atoms with Crippen molar-refractivity contribution in [2.75, 3.05) is 13.7 Å². The van der Waals surface area contributed by atoms with E-state index in [1.807, 2.05) is 4.72 Å². The molecular formula is C10H12FNO4S. The average molecular weight is 261 g/mol. The second kappa shape index (κ2) is 5.24. The van der Waals surface area contributed by atoms with Gasteiger partial charge in [-0.05, 0) is 24.6 Å². The van der Waals surface area contributed by atoms with E-state index in [2.05, 4.69) is 4.74 Å². The van der Waals surface area contributed by atoms with E-state index in [0.717, 1.165) is 13.2 Å². The quantitative estimate of drug-likeness (QED) is 0.805. The van der Waals surface area contributed by atoms with Crippen molar-refractivity contribution >= 4 is 16.0 Å². The Hall–Kier alpha value is -1.47. The molecule has 1 aromatic carbocycles. The third-order valence-corrected chi connectivity index (χ3v) is 3.43. The maximum absolute atomic E-state index is 13.3. The molecule has 1 rings (SSSR count). The summed E-state index contributed by atoms with van der Waals surface area (Å²) < 4.78 is 42.9. The van der Waals surface area contributed by atoms with E-state index in [1.54, 1.807) is 6.92 Å². The molecule has 0 bridgehead atoms. The number of benzene rings is 1. The van der Waals surface area contributed by atoms with Gasteiger partial charge >= 0.3 is 5.97 Å². The lowest BCUT2D eigenvalue weighted by molar-refractivity contribution is -0.139. The van der Waals surface area contributed by atoms with Crippen LogP contribution >= 0.6 is 0 Å². The lowest BCUT2D eigenvalue weighted by Gasteiger charge is -2.07. The van der Waals surface area contributed by atoms with Crippen molar-refractivity contribution in [1.82, 2.24) is 4.72 Å². The monoisotopic (exact) mass is 261 g/mol. The molecule has 0 heterocycles. The van der Waals surface area contributed by atoms with Crippen LogP contribution in [0.4, 0.5) is 4.39 Å². The van der Waals surface area contributed by atoms with Crippen LogP contribution in [0.5, 0.6) is 0 Å². The Morgan fingerprint density at radius 1 is 1.47 bits per heavy atom. The zero-order valence-corrected chi connectivity index (χ0v) is 10.2. The minimum atomic E-state index is -4.04. The standard InChI is InChI=1S/C10H12FNO4S/c1-7-3-4-8(11)9(5-7)17(14,15)12-6-10(13)16-2/h3-5,12H,6H2,1-2H3. The molecule has 0 saturated carbocycles. The van der Waals surface area contributed by atoms with E-state index >= 15 is 0 Å². The fraction of sp³-hybridized carbons (Fsp3) is 0.300. The molecule has 0 aliphatic carbocycles. The maximum Gasteiger partial charge on any atom is 0.320 e. The molecule has 0 fully saturated rings. The zero-order chi connectivity index (χ0) is 13.1. The molecule has 0 aliphatic heterocycles. The zero-order valence-electron chi connectivity index (χ0n) is 9.36. The normalized spacial score (nSPS) is 11.2. The highest BCUT2D eigenvalue weighted by Gasteiger charge is 2.20. The number of halogens is 1. The molecule has 7 heteroatoms. The van der Waals surface area contributed by atoms with Gasteiger partial charge in [0.15, 0.2) is 0 Å². The van der Waals surface area contributed by atoms with E-state index in [4.69, 9.17) is 0 Å². The van der Waals surface area contributed by atoms with E-state index in [1.165, 1.54) is 12.1 Å². The Morgan fingerprint density at radius 3 is 2.71 bits per heavy atom. The molecule has 0 unspecified atom stereocenters. The Labute approximate surface area is 98.6 Å². The number of rotatable bonds is 4. The fourth-order valence-electron chi connectivity index (χ4n) is 1.12. The number of sulfonamides is 1. The Kier molecular flexibility index (Phi) is 4.19. The highest BCUT2D eigenvalue weighted by molar-refractivity contribution is 7.89. The lowest BCUT2D eigenvalue weighted by Crippen LogP contribution is -2.30. The molecule has 0 amide bonds. The predicted molar refractivity (Wildman–Crippen MR) is 58.3 cm³/mol. The molecule has 17 heavy (non-hydrogen) atoms. The highest BCUT2D eigenvalue weighted by atomic mass is 32.2. The van der Waals surface area contributed by atoms with Crippen LogP contribution in [0.2, 0.25) is 0 Å². The molecule has 1 N–H and O–H groups in total. The van der Waals surface area contributed by atoms with Gasteiger partial charge in [0.25, 0.3) is 0 Å². The molecule has 1 aromatic rings. The highest BCUT2D eigenvalue weighted by Crippen LogP contribution is 2.15. The van der Waals surface area contributed by atoms with Crippen LogP contribution in [0, 0.1) is 12.7 Å². The first-order valence-corrected chi connectivity index (χ1v) is 6.18. The first-order valence-electron chi connectivity index (χ1n) is 4.69. The van der Waals surface area contributed by atoms with Crippen molar-refractivity contribution in [3.8, 4) is 0 Å². The molecule has 0 saturated heterocycles. The second-order valence-corrected chi connectivity index (χ2v) is 5.07. The van der Waals surface area contributed by atoms with Gasteiger partial charge in [0.05, 0.1) is 7.11 Å². The van der Waals surface area contributed by atoms with Crippen LogP contribution in [0.15, 0.2) is 23.1 Å². The van der Waals surface area contributed by atoms with Crippen LogP contribution in [0.25, 0.3) is 0 Å². The van der Waals surface area contributed by atoms with Gasteiger partial charge in [-0.2, -0.15) is 4.72 Å². The summed E-state index contributed by atoms with van der Waals surface area (Å²) in [6.45, 7) is 1.10. The molecule has 5 nitrogen and oxygen atoms in total. The summed E-state index contributed by atoms with van der Waals surface area (Å²) in [5.74, 6) is -1.62. The summed E-state index contributed by atoms with van der Waals surface area (Å²) in [5.41, 5.74) is 0.602. The van der Waals surface area contributed by atoms with Crippen LogP contribution in [-0.2, 0) is 19.6 Å². The first-order chi connectivity index (χ1) is 7.86. The summed E-state index contributed by atoms with van der Waals surface area (Å²) in [6, 6.07) is 3.70. The van der Waals surface area contributed by atoms with E-state index in [0.29, 0.717) is 5.56 Å². The molecular weight excluding hydrogens is 249 g/mol. The van der Waals surface area contributed by atoms with Gasteiger partial charge in [-0.3, -0.25) is 4.79 Å². The van der Waals surface area contributed by atoms with Crippen molar-refractivity contribution < 1.29 is 22.3 Å². The fourth-order valence-corrected chi connectivity index (χ4v) is 2.25. The summed E-state index contributed by atoms with van der Waals surface area (Å²) in [5, 5.41) is 0. The Balaban J connectivity index is 2.97. The average Bonchev–Trinajstić information content (AvgIpc) is 2.29.